The molecule has 32 heavy (non-hydrogen) atoms. The minimum atomic E-state index is -0.103. The van der Waals surface area contributed by atoms with Crippen LogP contribution in [0.3, 0.4) is 0 Å². The third-order valence-corrected chi connectivity index (χ3v) is 7.02. The largest absolute Gasteiger partial charge is 0.486 e. The number of hydrogen-bond acceptors (Lipinski definition) is 7. The van der Waals surface area contributed by atoms with Crippen molar-refractivity contribution in [3.8, 4) is 22.2 Å². The maximum absolute atomic E-state index is 13.1. The highest BCUT2D eigenvalue weighted by molar-refractivity contribution is 7.17. The standard InChI is InChI=1S/C24H23N3O4S/c1-15-22(32-23(26-15)18-4-2-3-9-25-18)24(29)27-10-7-16(8-11-27)21(28)17-5-6-19-20(14-17)31-13-12-30-19/h2-6,9,14,16H,7-8,10-13H2,1H3. The molecule has 1 aromatic carbocycles. The second-order valence-corrected chi connectivity index (χ2v) is 8.94. The van der Waals surface area contributed by atoms with Gasteiger partial charge in [0, 0.05) is 30.8 Å². The van der Waals surface area contributed by atoms with Crippen molar-refractivity contribution in [1.82, 2.24) is 14.9 Å². The van der Waals surface area contributed by atoms with Crippen LogP contribution >= 0.6 is 11.3 Å². The van der Waals surface area contributed by atoms with E-state index in [-0.39, 0.29) is 17.6 Å². The molecule has 3 aromatic rings. The van der Waals surface area contributed by atoms with Gasteiger partial charge in [0.15, 0.2) is 17.3 Å². The molecule has 0 spiro atoms. The molecule has 164 valence electrons. The molecule has 2 aromatic heterocycles. The number of carbonyl (C=O) groups excluding carboxylic acids is 2. The number of nitrogens with zero attached hydrogens (tertiary/aromatic N) is 3. The fraction of sp³-hybridized carbons (Fsp3) is 0.333. The first kappa shape index (κ1) is 20.6. The molecule has 0 unspecified atom stereocenters. The Morgan fingerprint density at radius 2 is 1.84 bits per heavy atom. The lowest BCUT2D eigenvalue weighted by atomic mass is 9.88. The summed E-state index contributed by atoms with van der Waals surface area (Å²) in [6.45, 7) is 3.97. The number of Topliss-reactive ketones (excluding diaryl/α,β-unsaturated/α-hetero) is 1. The Balaban J connectivity index is 1.24. The molecule has 2 aliphatic heterocycles. The number of ketones is 1. The summed E-state index contributed by atoms with van der Waals surface area (Å²) in [5.41, 5.74) is 2.12. The molecule has 0 atom stereocenters. The van der Waals surface area contributed by atoms with Gasteiger partial charge in [-0.05, 0) is 50.1 Å². The minimum Gasteiger partial charge on any atom is -0.486 e. The van der Waals surface area contributed by atoms with E-state index in [1.165, 1.54) is 11.3 Å². The van der Waals surface area contributed by atoms with Gasteiger partial charge in [-0.2, -0.15) is 0 Å². The molecular formula is C24H23N3O4S. The first-order chi connectivity index (χ1) is 15.6. The lowest BCUT2D eigenvalue weighted by Crippen LogP contribution is -2.40. The van der Waals surface area contributed by atoms with Crippen molar-refractivity contribution in [2.24, 2.45) is 5.92 Å². The molecule has 7 nitrogen and oxygen atoms in total. The van der Waals surface area contributed by atoms with E-state index in [2.05, 4.69) is 9.97 Å². The van der Waals surface area contributed by atoms with E-state index < -0.39 is 0 Å². The fourth-order valence-electron chi connectivity index (χ4n) is 4.11. The highest BCUT2D eigenvalue weighted by Gasteiger charge is 2.30. The number of thiazole rings is 1. The van der Waals surface area contributed by atoms with Gasteiger partial charge in [-0.25, -0.2) is 4.98 Å². The average molecular weight is 450 g/mol. The number of benzene rings is 1. The number of piperidine rings is 1. The molecule has 4 heterocycles. The minimum absolute atomic E-state index is 0.0209. The van der Waals surface area contributed by atoms with Crippen LogP contribution in [0.1, 0.15) is 38.6 Å². The summed E-state index contributed by atoms with van der Waals surface area (Å²) in [4.78, 5) is 37.5. The molecule has 0 saturated carbocycles. The van der Waals surface area contributed by atoms with Crippen LogP contribution in [-0.2, 0) is 0 Å². The number of aromatic nitrogens is 2. The van der Waals surface area contributed by atoms with Crippen molar-refractivity contribution in [1.29, 1.82) is 0 Å². The Morgan fingerprint density at radius 3 is 2.59 bits per heavy atom. The summed E-state index contributed by atoms with van der Waals surface area (Å²) in [5, 5.41) is 0.745. The van der Waals surface area contributed by atoms with E-state index in [9.17, 15) is 9.59 Å². The Kier molecular flexibility index (Phi) is 5.61. The summed E-state index contributed by atoms with van der Waals surface area (Å²) in [7, 11) is 0. The van der Waals surface area contributed by atoms with Crippen LogP contribution in [0.2, 0.25) is 0 Å². The van der Waals surface area contributed by atoms with Crippen LogP contribution in [0, 0.1) is 12.8 Å². The second-order valence-electron chi connectivity index (χ2n) is 7.94. The van der Waals surface area contributed by atoms with Gasteiger partial charge in [0.2, 0.25) is 0 Å². The number of fused-ring (bicyclic) bond motifs is 1. The molecule has 0 N–H and O–H groups in total. The van der Waals surface area contributed by atoms with E-state index in [1.807, 2.05) is 30.0 Å². The van der Waals surface area contributed by atoms with Crippen LogP contribution in [0.4, 0.5) is 0 Å². The third-order valence-electron chi connectivity index (χ3n) is 5.85. The summed E-state index contributed by atoms with van der Waals surface area (Å²) in [5.74, 6) is 1.28. The van der Waals surface area contributed by atoms with Gasteiger partial charge in [-0.1, -0.05) is 6.07 Å². The Bertz CT molecular complexity index is 1150. The van der Waals surface area contributed by atoms with Crippen LogP contribution in [0.5, 0.6) is 11.5 Å². The number of amides is 1. The zero-order valence-electron chi connectivity index (χ0n) is 17.7. The van der Waals surface area contributed by atoms with Crippen LogP contribution in [-0.4, -0.2) is 52.9 Å². The van der Waals surface area contributed by atoms with Gasteiger partial charge < -0.3 is 14.4 Å². The van der Waals surface area contributed by atoms with Crippen molar-refractivity contribution in [3.05, 3.63) is 58.7 Å². The average Bonchev–Trinajstić information content (AvgIpc) is 3.25. The molecule has 8 heteroatoms. The molecule has 0 aliphatic carbocycles. The number of aryl methyl sites for hydroxylation is 1. The fourth-order valence-corrected chi connectivity index (χ4v) is 5.13. The van der Waals surface area contributed by atoms with Crippen molar-refractivity contribution >= 4 is 23.0 Å². The first-order valence-electron chi connectivity index (χ1n) is 10.7. The summed E-state index contributed by atoms with van der Waals surface area (Å²) >= 11 is 1.37. The number of likely N-dealkylation sites (tertiary alicyclic amines) is 1. The normalized spacial score (nSPS) is 16.1. The Morgan fingerprint density at radius 1 is 1.06 bits per heavy atom. The van der Waals surface area contributed by atoms with E-state index in [1.54, 1.807) is 24.4 Å². The maximum Gasteiger partial charge on any atom is 0.265 e. The lowest BCUT2D eigenvalue weighted by molar-refractivity contribution is 0.0653. The molecule has 1 fully saturated rings. The Hall–Kier alpha value is -3.26. The number of ether oxygens (including phenoxy) is 2. The smallest absolute Gasteiger partial charge is 0.265 e. The number of carbonyl (C=O) groups is 2. The molecule has 0 bridgehead atoms. The summed E-state index contributed by atoms with van der Waals surface area (Å²) in [6.07, 6.45) is 3.00. The molecular weight excluding hydrogens is 426 g/mol. The van der Waals surface area contributed by atoms with Gasteiger partial charge in [0.1, 0.15) is 23.1 Å². The lowest BCUT2D eigenvalue weighted by Gasteiger charge is -2.31. The molecule has 5 rings (SSSR count). The van der Waals surface area contributed by atoms with E-state index in [0.717, 1.165) is 16.4 Å². The van der Waals surface area contributed by atoms with E-state index in [0.29, 0.717) is 61.1 Å². The van der Waals surface area contributed by atoms with Crippen LogP contribution < -0.4 is 9.47 Å². The molecule has 1 saturated heterocycles. The van der Waals surface area contributed by atoms with E-state index in [4.69, 9.17) is 9.47 Å². The Labute approximate surface area is 190 Å². The second kappa shape index (κ2) is 8.70. The quantitative estimate of drug-likeness (QED) is 0.560. The van der Waals surface area contributed by atoms with Gasteiger partial charge in [-0.3, -0.25) is 14.6 Å². The topological polar surface area (TPSA) is 81.6 Å². The predicted molar refractivity (Wildman–Crippen MR) is 120 cm³/mol. The number of hydrogen-bond donors (Lipinski definition) is 0. The summed E-state index contributed by atoms with van der Waals surface area (Å²) in [6, 6.07) is 11.0. The highest BCUT2D eigenvalue weighted by Crippen LogP contribution is 2.33. The number of rotatable bonds is 4. The zero-order chi connectivity index (χ0) is 22.1. The summed E-state index contributed by atoms with van der Waals surface area (Å²) < 4.78 is 11.1. The highest BCUT2D eigenvalue weighted by atomic mass is 32.1. The van der Waals surface area contributed by atoms with Gasteiger partial charge in [0.25, 0.3) is 5.91 Å². The van der Waals surface area contributed by atoms with Crippen molar-refractivity contribution in [2.45, 2.75) is 19.8 Å². The third kappa shape index (κ3) is 3.98. The van der Waals surface area contributed by atoms with Crippen LogP contribution in [0.15, 0.2) is 42.6 Å². The molecule has 2 aliphatic rings. The molecule has 0 radical (unpaired) electrons. The van der Waals surface area contributed by atoms with Gasteiger partial charge in [0.05, 0.1) is 11.4 Å². The van der Waals surface area contributed by atoms with Gasteiger partial charge >= 0.3 is 0 Å². The van der Waals surface area contributed by atoms with Crippen molar-refractivity contribution in [2.75, 3.05) is 26.3 Å². The first-order valence-corrected chi connectivity index (χ1v) is 11.5. The SMILES string of the molecule is Cc1nc(-c2ccccn2)sc1C(=O)N1CCC(C(=O)c2ccc3c(c2)OCCO3)CC1. The zero-order valence-corrected chi connectivity index (χ0v) is 18.6. The van der Waals surface area contributed by atoms with E-state index >= 15 is 0 Å². The van der Waals surface area contributed by atoms with Crippen molar-refractivity contribution < 1.29 is 19.1 Å². The van der Waals surface area contributed by atoms with Crippen LogP contribution in [0.25, 0.3) is 10.7 Å². The number of pyridine rings is 1. The van der Waals surface area contributed by atoms with Crippen molar-refractivity contribution in [3.63, 3.8) is 0 Å². The maximum atomic E-state index is 13.1. The predicted octanol–water partition coefficient (Wildman–Crippen LogP) is 4.02. The van der Waals surface area contributed by atoms with Gasteiger partial charge in [-0.15, -0.1) is 11.3 Å². The monoisotopic (exact) mass is 449 g/mol. The molecule has 1 amide bonds.